The fourth-order valence-electron chi connectivity index (χ4n) is 1.61. The van der Waals surface area contributed by atoms with Gasteiger partial charge in [-0.3, -0.25) is 9.59 Å². The number of carbonyl (C=O) groups is 2. The molecule has 2 aromatic heterocycles. The maximum atomic E-state index is 12.0. The van der Waals surface area contributed by atoms with Crippen molar-refractivity contribution in [3.05, 3.63) is 44.8 Å². The molecule has 0 bridgehead atoms. The quantitative estimate of drug-likeness (QED) is 0.875. The first kappa shape index (κ1) is 13.8. The summed E-state index contributed by atoms with van der Waals surface area (Å²) in [5, 5.41) is 13.4. The molecule has 0 aliphatic heterocycles. The molecule has 2 rings (SSSR count). The Labute approximate surface area is 122 Å². The van der Waals surface area contributed by atoms with Crippen molar-refractivity contribution >= 4 is 39.1 Å². The molecular weight excluding hydrogens is 332 g/mol. The summed E-state index contributed by atoms with van der Waals surface area (Å²) in [4.78, 5) is 23.7. The molecule has 0 saturated heterocycles. The van der Waals surface area contributed by atoms with Crippen LogP contribution in [0.3, 0.4) is 0 Å². The average molecular weight is 343 g/mol. The molecule has 100 valence electrons. The van der Waals surface area contributed by atoms with E-state index in [1.54, 1.807) is 29.7 Å². The highest BCUT2D eigenvalue weighted by Gasteiger charge is 2.13. The van der Waals surface area contributed by atoms with Gasteiger partial charge in [-0.25, -0.2) is 0 Å². The second-order valence-corrected chi connectivity index (χ2v) is 5.64. The second kappa shape index (κ2) is 6.03. The van der Waals surface area contributed by atoms with E-state index in [1.165, 1.54) is 4.57 Å². The first-order chi connectivity index (χ1) is 9.08. The van der Waals surface area contributed by atoms with E-state index in [0.29, 0.717) is 12.2 Å². The summed E-state index contributed by atoms with van der Waals surface area (Å²) in [5.74, 6) is -1.27. The summed E-state index contributed by atoms with van der Waals surface area (Å²) in [6, 6.07) is 5.17. The monoisotopic (exact) mass is 342 g/mol. The molecule has 0 radical (unpaired) electrons. The zero-order chi connectivity index (χ0) is 13.8. The number of halogens is 1. The minimum atomic E-state index is -0.980. The summed E-state index contributed by atoms with van der Waals surface area (Å²) in [6.45, 7) is 0.188. The molecule has 0 atom stereocenters. The second-order valence-electron chi connectivity index (χ2n) is 3.79. The highest BCUT2D eigenvalue weighted by molar-refractivity contribution is 9.10. The molecular formula is C12H11BrN2O3S. The first-order valence-electron chi connectivity index (χ1n) is 5.45. The highest BCUT2D eigenvalue weighted by Crippen LogP contribution is 2.22. The van der Waals surface area contributed by atoms with Crippen LogP contribution in [0.5, 0.6) is 0 Å². The van der Waals surface area contributed by atoms with Gasteiger partial charge >= 0.3 is 5.97 Å². The number of hydrogen-bond acceptors (Lipinski definition) is 3. The van der Waals surface area contributed by atoms with Crippen LogP contribution in [0.2, 0.25) is 0 Å². The number of hydrogen-bond donors (Lipinski definition) is 2. The van der Waals surface area contributed by atoms with E-state index < -0.39 is 5.97 Å². The third kappa shape index (κ3) is 3.45. The van der Waals surface area contributed by atoms with E-state index in [9.17, 15) is 9.59 Å². The lowest BCUT2D eigenvalue weighted by molar-refractivity contribution is -0.137. The van der Waals surface area contributed by atoms with Gasteiger partial charge in [0.05, 0.1) is 6.54 Å². The van der Waals surface area contributed by atoms with Gasteiger partial charge in [-0.15, -0.1) is 11.3 Å². The van der Waals surface area contributed by atoms with Gasteiger partial charge in [0.1, 0.15) is 12.2 Å². The van der Waals surface area contributed by atoms with Gasteiger partial charge in [0.15, 0.2) is 0 Å². The lowest BCUT2D eigenvalue weighted by atomic mass is 10.3. The van der Waals surface area contributed by atoms with Gasteiger partial charge in [-0.2, -0.15) is 0 Å². The van der Waals surface area contributed by atoms with Crippen LogP contribution in [0.4, 0.5) is 0 Å². The van der Waals surface area contributed by atoms with Crippen molar-refractivity contribution in [2.24, 2.45) is 0 Å². The van der Waals surface area contributed by atoms with E-state index in [4.69, 9.17) is 5.11 Å². The van der Waals surface area contributed by atoms with Crippen molar-refractivity contribution in [2.45, 2.75) is 13.1 Å². The number of aliphatic carboxylic acids is 1. The fourth-order valence-corrected chi connectivity index (χ4v) is 3.04. The summed E-state index contributed by atoms with van der Waals surface area (Å²) in [6.07, 6.45) is 1.57. The Morgan fingerprint density at radius 2 is 2.21 bits per heavy atom. The van der Waals surface area contributed by atoms with Crippen molar-refractivity contribution in [1.82, 2.24) is 9.88 Å². The number of nitrogens with zero attached hydrogens (tertiary/aromatic N) is 1. The van der Waals surface area contributed by atoms with Crippen LogP contribution in [0.15, 0.2) is 34.2 Å². The average Bonchev–Trinajstić information content (AvgIpc) is 2.95. The lowest BCUT2D eigenvalue weighted by Gasteiger charge is -2.07. The molecule has 1 amide bonds. The number of amides is 1. The molecule has 5 nitrogen and oxygen atoms in total. The molecule has 0 aliphatic rings. The topological polar surface area (TPSA) is 71.3 Å². The Kier molecular flexibility index (Phi) is 4.39. The summed E-state index contributed by atoms with van der Waals surface area (Å²) >= 11 is 4.93. The van der Waals surface area contributed by atoms with E-state index >= 15 is 0 Å². The SMILES string of the molecule is O=C(O)Cn1cccc1C(=O)NCc1sccc1Br. The van der Waals surface area contributed by atoms with E-state index in [-0.39, 0.29) is 12.5 Å². The number of rotatable bonds is 5. The zero-order valence-electron chi connectivity index (χ0n) is 9.80. The molecule has 0 unspecified atom stereocenters. The number of carbonyl (C=O) groups excluding carboxylic acids is 1. The predicted molar refractivity (Wildman–Crippen MR) is 75.3 cm³/mol. The van der Waals surface area contributed by atoms with Gasteiger partial charge in [0.25, 0.3) is 5.91 Å². The van der Waals surface area contributed by atoms with Crippen LogP contribution in [0.1, 0.15) is 15.4 Å². The largest absolute Gasteiger partial charge is 0.480 e. The van der Waals surface area contributed by atoms with Crippen LogP contribution < -0.4 is 5.32 Å². The van der Waals surface area contributed by atoms with Crippen molar-refractivity contribution in [3.63, 3.8) is 0 Å². The van der Waals surface area contributed by atoms with Crippen LogP contribution in [0, 0.1) is 0 Å². The van der Waals surface area contributed by atoms with Gasteiger partial charge < -0.3 is 15.0 Å². The Morgan fingerprint density at radius 1 is 1.42 bits per heavy atom. The standard InChI is InChI=1S/C12H11BrN2O3S/c13-8-3-5-19-10(8)6-14-12(18)9-2-1-4-15(9)7-11(16)17/h1-5H,6-7H2,(H,14,18)(H,16,17). The maximum absolute atomic E-state index is 12.0. The van der Waals surface area contributed by atoms with Crippen molar-refractivity contribution < 1.29 is 14.7 Å². The van der Waals surface area contributed by atoms with Gasteiger partial charge in [0.2, 0.25) is 0 Å². The van der Waals surface area contributed by atoms with Gasteiger partial charge in [0, 0.05) is 15.5 Å². The molecule has 19 heavy (non-hydrogen) atoms. The summed E-state index contributed by atoms with van der Waals surface area (Å²) in [7, 11) is 0. The third-order valence-corrected chi connectivity index (χ3v) is 4.39. The molecule has 0 spiro atoms. The van der Waals surface area contributed by atoms with Crippen molar-refractivity contribution in [3.8, 4) is 0 Å². The van der Waals surface area contributed by atoms with E-state index in [0.717, 1.165) is 9.35 Å². The van der Waals surface area contributed by atoms with Crippen LogP contribution in [-0.2, 0) is 17.9 Å². The molecule has 0 saturated carbocycles. The third-order valence-electron chi connectivity index (χ3n) is 2.47. The minimum Gasteiger partial charge on any atom is -0.480 e. The number of carboxylic acids is 1. The number of aromatic nitrogens is 1. The Morgan fingerprint density at radius 3 is 2.84 bits per heavy atom. The molecule has 2 aromatic rings. The van der Waals surface area contributed by atoms with E-state index in [2.05, 4.69) is 21.2 Å². The Bertz CT molecular complexity index is 606. The summed E-state index contributed by atoms with van der Waals surface area (Å²) in [5.41, 5.74) is 0.343. The molecule has 2 N–H and O–H groups in total. The number of thiophene rings is 1. The molecule has 0 aliphatic carbocycles. The minimum absolute atomic E-state index is 0.224. The molecule has 2 heterocycles. The molecule has 0 aromatic carbocycles. The van der Waals surface area contributed by atoms with Crippen molar-refractivity contribution in [1.29, 1.82) is 0 Å². The molecule has 0 fully saturated rings. The Hall–Kier alpha value is -1.60. The normalized spacial score (nSPS) is 10.4. The molecule has 7 heteroatoms. The van der Waals surface area contributed by atoms with Crippen LogP contribution in [-0.4, -0.2) is 21.6 Å². The smallest absolute Gasteiger partial charge is 0.323 e. The van der Waals surface area contributed by atoms with Gasteiger partial charge in [-0.05, 0) is 39.5 Å². The first-order valence-corrected chi connectivity index (χ1v) is 7.12. The van der Waals surface area contributed by atoms with Crippen molar-refractivity contribution in [2.75, 3.05) is 0 Å². The van der Waals surface area contributed by atoms with Gasteiger partial charge in [-0.1, -0.05) is 0 Å². The predicted octanol–water partition coefficient (Wildman–Crippen LogP) is 2.33. The fraction of sp³-hybridized carbons (Fsp3) is 0.167. The highest BCUT2D eigenvalue weighted by atomic mass is 79.9. The lowest BCUT2D eigenvalue weighted by Crippen LogP contribution is -2.26. The Balaban J connectivity index is 2.02. The van der Waals surface area contributed by atoms with Crippen LogP contribution >= 0.6 is 27.3 Å². The number of nitrogens with one attached hydrogen (secondary N) is 1. The van der Waals surface area contributed by atoms with E-state index in [1.807, 2.05) is 11.4 Å². The summed E-state index contributed by atoms with van der Waals surface area (Å²) < 4.78 is 2.36. The number of carboxylic acid groups (broad SMARTS) is 1. The van der Waals surface area contributed by atoms with Crippen LogP contribution in [0.25, 0.3) is 0 Å². The maximum Gasteiger partial charge on any atom is 0.323 e. The zero-order valence-corrected chi connectivity index (χ0v) is 12.2.